The Bertz CT molecular complexity index is 437. The average molecular weight is 278 g/mol. The number of nitrogens with one attached hydrogen (secondary N) is 2. The third kappa shape index (κ3) is 4.30. The molecule has 1 aliphatic heterocycles. The predicted octanol–water partition coefficient (Wildman–Crippen LogP) is 0.480. The van der Waals surface area contributed by atoms with Crippen LogP contribution in [-0.2, 0) is 27.2 Å². The van der Waals surface area contributed by atoms with Gasteiger partial charge in [0.15, 0.2) is 0 Å². The van der Waals surface area contributed by atoms with E-state index < -0.39 is 0 Å². The summed E-state index contributed by atoms with van der Waals surface area (Å²) in [5.41, 5.74) is 2.53. The van der Waals surface area contributed by atoms with Gasteiger partial charge in [-0.2, -0.15) is 0 Å². The van der Waals surface area contributed by atoms with Crippen molar-refractivity contribution < 1.29 is 14.3 Å². The van der Waals surface area contributed by atoms with E-state index in [9.17, 15) is 4.79 Å². The number of rotatable bonds is 7. The van der Waals surface area contributed by atoms with Gasteiger partial charge in [-0.05, 0) is 17.5 Å². The number of amides is 1. The molecular formula is C15H22N2O3. The highest BCUT2D eigenvalue weighted by Gasteiger charge is 2.23. The van der Waals surface area contributed by atoms with Crippen molar-refractivity contribution in [1.82, 2.24) is 10.6 Å². The van der Waals surface area contributed by atoms with Gasteiger partial charge in [-0.25, -0.2) is 0 Å². The van der Waals surface area contributed by atoms with E-state index in [1.54, 1.807) is 7.11 Å². The molecule has 0 spiro atoms. The zero-order valence-electron chi connectivity index (χ0n) is 11.9. The molecule has 1 aromatic carbocycles. The maximum atomic E-state index is 12.0. The first-order valence-electron chi connectivity index (χ1n) is 6.96. The second-order valence-corrected chi connectivity index (χ2v) is 4.80. The molecule has 1 amide bonds. The van der Waals surface area contributed by atoms with Gasteiger partial charge in [0.2, 0.25) is 5.91 Å². The first kappa shape index (κ1) is 15.0. The summed E-state index contributed by atoms with van der Waals surface area (Å²) in [7, 11) is 1.64. The van der Waals surface area contributed by atoms with Crippen LogP contribution in [0.4, 0.5) is 0 Å². The molecule has 0 saturated heterocycles. The van der Waals surface area contributed by atoms with Crippen molar-refractivity contribution in [1.29, 1.82) is 0 Å². The van der Waals surface area contributed by atoms with E-state index in [4.69, 9.17) is 9.47 Å². The molecular weight excluding hydrogens is 256 g/mol. The van der Waals surface area contributed by atoms with Crippen LogP contribution in [0.3, 0.4) is 0 Å². The lowest BCUT2D eigenvalue weighted by molar-refractivity contribution is -0.123. The summed E-state index contributed by atoms with van der Waals surface area (Å²) in [5, 5.41) is 6.16. The molecule has 5 nitrogen and oxygen atoms in total. The lowest BCUT2D eigenvalue weighted by atomic mass is 9.95. The van der Waals surface area contributed by atoms with Gasteiger partial charge < -0.3 is 20.1 Å². The van der Waals surface area contributed by atoms with Crippen molar-refractivity contribution in [2.24, 2.45) is 0 Å². The van der Waals surface area contributed by atoms with E-state index in [0.29, 0.717) is 26.4 Å². The van der Waals surface area contributed by atoms with Crippen molar-refractivity contribution in [2.45, 2.75) is 19.0 Å². The minimum atomic E-state index is -0.149. The minimum Gasteiger partial charge on any atom is -0.382 e. The van der Waals surface area contributed by atoms with Crippen LogP contribution in [0.15, 0.2) is 24.3 Å². The van der Waals surface area contributed by atoms with Crippen LogP contribution in [0.5, 0.6) is 0 Å². The van der Waals surface area contributed by atoms with Gasteiger partial charge in [0.25, 0.3) is 0 Å². The van der Waals surface area contributed by atoms with Crippen molar-refractivity contribution in [3.63, 3.8) is 0 Å². The number of hydrogen-bond acceptors (Lipinski definition) is 4. The maximum absolute atomic E-state index is 12.0. The van der Waals surface area contributed by atoms with Gasteiger partial charge in [0, 0.05) is 20.2 Å². The van der Waals surface area contributed by atoms with E-state index in [0.717, 1.165) is 13.0 Å². The number of carbonyl (C=O) groups excluding carboxylic acids is 1. The standard InChI is InChI=1S/C15H22N2O3/c1-19-8-9-20-7-6-16-15(18)14-10-12-4-2-3-5-13(12)11-17-14/h2-5,14,17H,6-11H2,1H3,(H,16,18). The fraction of sp³-hybridized carbons (Fsp3) is 0.533. The maximum Gasteiger partial charge on any atom is 0.237 e. The second kappa shape index (κ2) is 7.99. The zero-order chi connectivity index (χ0) is 14.2. The van der Waals surface area contributed by atoms with Crippen molar-refractivity contribution >= 4 is 5.91 Å². The predicted molar refractivity (Wildman–Crippen MR) is 76.5 cm³/mol. The largest absolute Gasteiger partial charge is 0.382 e. The van der Waals surface area contributed by atoms with Gasteiger partial charge in [0.1, 0.15) is 0 Å². The first-order chi connectivity index (χ1) is 9.81. The van der Waals surface area contributed by atoms with E-state index in [1.165, 1.54) is 11.1 Å². The van der Waals surface area contributed by atoms with Gasteiger partial charge in [0.05, 0.1) is 25.9 Å². The van der Waals surface area contributed by atoms with E-state index in [2.05, 4.69) is 22.8 Å². The molecule has 1 aliphatic rings. The molecule has 1 atom stereocenters. The van der Waals surface area contributed by atoms with Crippen molar-refractivity contribution in [3.8, 4) is 0 Å². The van der Waals surface area contributed by atoms with Crippen LogP contribution < -0.4 is 10.6 Å². The molecule has 0 fully saturated rings. The van der Waals surface area contributed by atoms with Crippen LogP contribution >= 0.6 is 0 Å². The topological polar surface area (TPSA) is 59.6 Å². The van der Waals surface area contributed by atoms with Crippen molar-refractivity contribution in [3.05, 3.63) is 35.4 Å². The molecule has 0 saturated carbocycles. The van der Waals surface area contributed by atoms with Crippen LogP contribution in [0, 0.1) is 0 Å². The minimum absolute atomic E-state index is 0.0369. The Morgan fingerprint density at radius 2 is 2.10 bits per heavy atom. The van der Waals surface area contributed by atoms with Crippen LogP contribution in [-0.4, -0.2) is 45.4 Å². The molecule has 0 aliphatic carbocycles. The average Bonchev–Trinajstić information content (AvgIpc) is 2.50. The van der Waals surface area contributed by atoms with Crippen LogP contribution in [0.1, 0.15) is 11.1 Å². The lowest BCUT2D eigenvalue weighted by Gasteiger charge is -2.25. The summed E-state index contributed by atoms with van der Waals surface area (Å²) in [6.07, 6.45) is 0.743. The smallest absolute Gasteiger partial charge is 0.237 e. The fourth-order valence-electron chi connectivity index (χ4n) is 2.25. The van der Waals surface area contributed by atoms with E-state index in [1.807, 2.05) is 12.1 Å². The number of fused-ring (bicyclic) bond motifs is 1. The monoisotopic (exact) mass is 278 g/mol. The summed E-state index contributed by atoms with van der Waals surface area (Å²) >= 11 is 0. The molecule has 2 N–H and O–H groups in total. The highest BCUT2D eigenvalue weighted by molar-refractivity contribution is 5.82. The van der Waals surface area contributed by atoms with Crippen LogP contribution in [0.2, 0.25) is 0 Å². The SMILES string of the molecule is COCCOCCNC(=O)C1Cc2ccccc2CN1. The van der Waals surface area contributed by atoms with Gasteiger partial charge in [-0.15, -0.1) is 0 Å². The Kier molecular flexibility index (Phi) is 5.98. The van der Waals surface area contributed by atoms with Gasteiger partial charge in [-0.1, -0.05) is 24.3 Å². The lowest BCUT2D eigenvalue weighted by Crippen LogP contribution is -2.48. The molecule has 20 heavy (non-hydrogen) atoms. The van der Waals surface area contributed by atoms with E-state index >= 15 is 0 Å². The highest BCUT2D eigenvalue weighted by atomic mass is 16.5. The molecule has 1 aromatic rings. The summed E-state index contributed by atoms with van der Waals surface area (Å²) in [6.45, 7) is 2.93. The summed E-state index contributed by atoms with van der Waals surface area (Å²) in [5.74, 6) is 0.0369. The Labute approximate surface area is 119 Å². The summed E-state index contributed by atoms with van der Waals surface area (Å²) in [4.78, 5) is 12.0. The third-order valence-corrected chi connectivity index (χ3v) is 3.38. The molecule has 110 valence electrons. The molecule has 0 bridgehead atoms. The second-order valence-electron chi connectivity index (χ2n) is 4.80. The number of methoxy groups -OCH3 is 1. The Hall–Kier alpha value is -1.43. The molecule has 5 heteroatoms. The highest BCUT2D eigenvalue weighted by Crippen LogP contribution is 2.16. The van der Waals surface area contributed by atoms with Crippen LogP contribution in [0.25, 0.3) is 0 Å². The van der Waals surface area contributed by atoms with E-state index in [-0.39, 0.29) is 11.9 Å². The number of hydrogen-bond donors (Lipinski definition) is 2. The number of ether oxygens (including phenoxy) is 2. The number of carbonyl (C=O) groups is 1. The summed E-state index contributed by atoms with van der Waals surface area (Å²) in [6, 6.07) is 8.08. The fourth-order valence-corrected chi connectivity index (χ4v) is 2.25. The Morgan fingerprint density at radius 3 is 2.90 bits per heavy atom. The normalized spacial score (nSPS) is 17.6. The molecule has 0 aromatic heterocycles. The quantitative estimate of drug-likeness (QED) is 0.712. The summed E-state index contributed by atoms with van der Waals surface area (Å²) < 4.78 is 10.2. The third-order valence-electron chi connectivity index (χ3n) is 3.38. The molecule has 1 heterocycles. The van der Waals surface area contributed by atoms with Gasteiger partial charge in [-0.3, -0.25) is 4.79 Å². The Balaban J connectivity index is 1.69. The first-order valence-corrected chi connectivity index (χ1v) is 6.96. The molecule has 0 radical (unpaired) electrons. The van der Waals surface area contributed by atoms with Crippen molar-refractivity contribution in [2.75, 3.05) is 33.5 Å². The van der Waals surface area contributed by atoms with Gasteiger partial charge >= 0.3 is 0 Å². The zero-order valence-corrected chi connectivity index (χ0v) is 11.9. The molecule has 1 unspecified atom stereocenters. The molecule has 2 rings (SSSR count). The number of benzene rings is 1. The Morgan fingerprint density at radius 1 is 1.30 bits per heavy atom.